The van der Waals surface area contributed by atoms with Crippen molar-refractivity contribution < 1.29 is 23.6 Å². The second-order valence-corrected chi connectivity index (χ2v) is 12.4. The zero-order valence-corrected chi connectivity index (χ0v) is 26.2. The first-order valence-corrected chi connectivity index (χ1v) is 15.5. The molecule has 1 aromatic carbocycles. The van der Waals surface area contributed by atoms with Crippen LogP contribution in [0.25, 0.3) is 11.0 Å². The van der Waals surface area contributed by atoms with Crippen LogP contribution in [0.15, 0.2) is 40.9 Å². The predicted octanol–water partition coefficient (Wildman–Crippen LogP) is 4.73. The van der Waals surface area contributed by atoms with E-state index in [-0.39, 0.29) is 46.8 Å². The topological polar surface area (TPSA) is 128 Å². The number of halogens is 1. The number of benzene rings is 1. The highest BCUT2D eigenvalue weighted by Gasteiger charge is 2.34. The van der Waals surface area contributed by atoms with Gasteiger partial charge in [-0.05, 0) is 83.0 Å². The van der Waals surface area contributed by atoms with Gasteiger partial charge in [-0.2, -0.15) is 0 Å². The van der Waals surface area contributed by atoms with Crippen molar-refractivity contribution in [1.29, 1.82) is 0 Å². The van der Waals surface area contributed by atoms with Crippen molar-refractivity contribution in [3.8, 4) is 0 Å². The van der Waals surface area contributed by atoms with Gasteiger partial charge in [-0.3, -0.25) is 19.2 Å². The minimum absolute atomic E-state index is 0.0572. The average molecular weight is 623 g/mol. The van der Waals surface area contributed by atoms with Crippen molar-refractivity contribution in [2.45, 2.75) is 38.5 Å². The molecule has 11 nitrogen and oxygen atoms in total. The van der Waals surface area contributed by atoms with Crippen LogP contribution >= 0.6 is 11.6 Å². The fraction of sp³-hybridized carbons (Fsp3) is 0.469. The number of likely N-dealkylation sites (tertiary alicyclic amines) is 1. The molecule has 5 rings (SSSR count). The minimum atomic E-state index is -0.609. The number of fused-ring (bicyclic) bond motifs is 1. The van der Waals surface area contributed by atoms with Gasteiger partial charge in [-0.15, -0.1) is 0 Å². The molecule has 0 bridgehead atoms. The molecule has 0 unspecified atom stereocenters. The Bertz CT molecular complexity index is 1520. The molecule has 0 spiro atoms. The van der Waals surface area contributed by atoms with E-state index in [1.165, 1.54) is 6.20 Å². The zero-order chi connectivity index (χ0) is 31.4. The summed E-state index contributed by atoms with van der Waals surface area (Å²) in [5, 5.41) is 6.51. The van der Waals surface area contributed by atoms with Gasteiger partial charge < -0.3 is 29.8 Å². The van der Waals surface area contributed by atoms with E-state index < -0.39 is 5.91 Å². The first-order chi connectivity index (χ1) is 21.1. The van der Waals surface area contributed by atoms with E-state index in [9.17, 15) is 19.2 Å². The van der Waals surface area contributed by atoms with Crippen LogP contribution in [0.3, 0.4) is 0 Å². The molecule has 3 heterocycles. The summed E-state index contributed by atoms with van der Waals surface area (Å²) < 4.78 is 5.96. The largest absolute Gasteiger partial charge is 0.449 e. The third kappa shape index (κ3) is 7.22. The van der Waals surface area contributed by atoms with Gasteiger partial charge in [0.25, 0.3) is 11.8 Å². The first kappa shape index (κ1) is 31.5. The SMILES string of the molecule is CN(C)CCN(C)C(=O)c1ccc2oc(C(=O)Nc3ccc(Cl)cn3)c(NC(=O)C3CCC(C(=O)N4CCCC4)CC3)c2c1. The van der Waals surface area contributed by atoms with Gasteiger partial charge in [0.1, 0.15) is 17.1 Å². The monoisotopic (exact) mass is 622 g/mol. The summed E-state index contributed by atoms with van der Waals surface area (Å²) >= 11 is 5.94. The number of hydrogen-bond acceptors (Lipinski definition) is 7. The molecule has 2 fully saturated rings. The first-order valence-electron chi connectivity index (χ1n) is 15.1. The Labute approximate surface area is 261 Å². The zero-order valence-electron chi connectivity index (χ0n) is 25.4. The maximum Gasteiger partial charge on any atom is 0.294 e. The van der Waals surface area contributed by atoms with Gasteiger partial charge in [0, 0.05) is 62.2 Å². The molecule has 2 N–H and O–H groups in total. The summed E-state index contributed by atoms with van der Waals surface area (Å²) in [7, 11) is 5.61. The van der Waals surface area contributed by atoms with Crippen molar-refractivity contribution in [3.63, 3.8) is 0 Å². The lowest BCUT2D eigenvalue weighted by atomic mass is 9.81. The van der Waals surface area contributed by atoms with Crippen LogP contribution in [0.1, 0.15) is 59.4 Å². The van der Waals surface area contributed by atoms with Crippen molar-refractivity contribution in [1.82, 2.24) is 19.7 Å². The molecule has 44 heavy (non-hydrogen) atoms. The van der Waals surface area contributed by atoms with E-state index in [1.807, 2.05) is 23.9 Å². The highest BCUT2D eigenvalue weighted by molar-refractivity contribution is 6.30. The number of likely N-dealkylation sites (N-methyl/N-ethyl adjacent to an activating group) is 2. The fourth-order valence-corrected chi connectivity index (χ4v) is 5.94. The van der Waals surface area contributed by atoms with Crippen LogP contribution in [-0.2, 0) is 9.59 Å². The lowest BCUT2D eigenvalue weighted by Crippen LogP contribution is -2.37. The number of carbonyl (C=O) groups is 4. The van der Waals surface area contributed by atoms with Crippen LogP contribution < -0.4 is 10.6 Å². The molecule has 234 valence electrons. The van der Waals surface area contributed by atoms with Gasteiger partial charge in [0.05, 0.1) is 5.02 Å². The average Bonchev–Trinajstić information content (AvgIpc) is 3.69. The molecule has 2 aliphatic rings. The Morgan fingerprint density at radius 2 is 1.66 bits per heavy atom. The molecular weight excluding hydrogens is 584 g/mol. The van der Waals surface area contributed by atoms with E-state index in [1.54, 1.807) is 42.3 Å². The van der Waals surface area contributed by atoms with Gasteiger partial charge >= 0.3 is 0 Å². The number of pyridine rings is 1. The molecule has 1 saturated carbocycles. The van der Waals surface area contributed by atoms with E-state index in [4.69, 9.17) is 16.0 Å². The van der Waals surface area contributed by atoms with E-state index in [0.717, 1.165) is 25.9 Å². The molecule has 1 aliphatic heterocycles. The number of nitrogens with one attached hydrogen (secondary N) is 2. The fourth-order valence-electron chi connectivity index (χ4n) is 5.83. The van der Waals surface area contributed by atoms with Gasteiger partial charge in [-0.25, -0.2) is 4.98 Å². The number of hydrogen-bond donors (Lipinski definition) is 2. The second kappa shape index (κ2) is 13.8. The summed E-state index contributed by atoms with van der Waals surface area (Å²) in [6.45, 7) is 2.87. The molecule has 1 aliphatic carbocycles. The smallest absolute Gasteiger partial charge is 0.294 e. The third-order valence-corrected chi connectivity index (χ3v) is 8.68. The molecule has 1 saturated heterocycles. The van der Waals surface area contributed by atoms with E-state index >= 15 is 0 Å². The quantitative estimate of drug-likeness (QED) is 0.353. The number of rotatable bonds is 9. The second-order valence-electron chi connectivity index (χ2n) is 11.9. The number of carbonyl (C=O) groups excluding carboxylic acids is 4. The Morgan fingerprint density at radius 1 is 0.955 bits per heavy atom. The molecule has 4 amide bonds. The molecule has 3 aromatic rings. The van der Waals surface area contributed by atoms with Crippen molar-refractivity contribution in [3.05, 3.63) is 52.9 Å². The van der Waals surface area contributed by atoms with Gasteiger partial charge in [0.15, 0.2) is 0 Å². The Kier molecular flexibility index (Phi) is 9.85. The molecule has 0 atom stereocenters. The van der Waals surface area contributed by atoms with Gasteiger partial charge in [-0.1, -0.05) is 11.6 Å². The summed E-state index contributed by atoms with van der Waals surface area (Å²) in [6.07, 6.45) is 5.94. The number of amides is 4. The molecular formula is C32H39ClN6O5. The maximum absolute atomic E-state index is 13.6. The van der Waals surface area contributed by atoms with Gasteiger partial charge in [0.2, 0.25) is 17.6 Å². The summed E-state index contributed by atoms with van der Waals surface area (Å²) in [5.74, 6) is -1.07. The van der Waals surface area contributed by atoms with E-state index in [2.05, 4.69) is 15.6 Å². The van der Waals surface area contributed by atoms with Crippen LogP contribution in [0.2, 0.25) is 5.02 Å². The van der Waals surface area contributed by atoms with Crippen molar-refractivity contribution in [2.75, 3.05) is 58.0 Å². The Hall–Kier alpha value is -3.96. The lowest BCUT2D eigenvalue weighted by Gasteiger charge is -2.29. The predicted molar refractivity (Wildman–Crippen MR) is 169 cm³/mol. The Morgan fingerprint density at radius 3 is 2.32 bits per heavy atom. The molecule has 12 heteroatoms. The third-order valence-electron chi connectivity index (χ3n) is 8.45. The minimum Gasteiger partial charge on any atom is -0.449 e. The van der Waals surface area contributed by atoms with E-state index in [0.29, 0.717) is 60.3 Å². The highest BCUT2D eigenvalue weighted by atomic mass is 35.5. The van der Waals surface area contributed by atoms with Crippen LogP contribution in [0, 0.1) is 11.8 Å². The Balaban J connectivity index is 1.38. The summed E-state index contributed by atoms with van der Waals surface area (Å²) in [6, 6.07) is 8.08. The van der Waals surface area contributed by atoms with Crippen LogP contribution in [0.4, 0.5) is 11.5 Å². The van der Waals surface area contributed by atoms with Crippen LogP contribution in [0.5, 0.6) is 0 Å². The van der Waals surface area contributed by atoms with Crippen molar-refractivity contribution in [2.24, 2.45) is 11.8 Å². The highest BCUT2D eigenvalue weighted by Crippen LogP contribution is 2.36. The number of aromatic nitrogens is 1. The van der Waals surface area contributed by atoms with Crippen LogP contribution in [-0.4, -0.2) is 90.6 Å². The molecule has 2 aromatic heterocycles. The lowest BCUT2D eigenvalue weighted by molar-refractivity contribution is -0.136. The number of nitrogens with zero attached hydrogens (tertiary/aromatic N) is 4. The molecule has 0 radical (unpaired) electrons. The summed E-state index contributed by atoms with van der Waals surface area (Å²) in [4.78, 5) is 62.8. The summed E-state index contributed by atoms with van der Waals surface area (Å²) in [5.41, 5.74) is 0.946. The standard InChI is InChI=1S/C32H39ClN6O5/c1-37(2)16-17-38(3)31(42)22-10-12-25-24(18-22)27(28(44-25)30(41)35-26-13-11-23(33)19-34-26)36-29(40)20-6-8-21(9-7-20)32(43)39-14-4-5-15-39/h10-13,18-21H,4-9,14-17H2,1-3H3,(H,36,40)(H,34,35,41). The number of furan rings is 1. The maximum atomic E-state index is 13.6. The van der Waals surface area contributed by atoms with Crippen molar-refractivity contribution >= 4 is 57.7 Å². The normalized spacial score (nSPS) is 18.4. The number of anilines is 2.